The third-order valence-electron chi connectivity index (χ3n) is 3.54. The van der Waals surface area contributed by atoms with E-state index in [4.69, 9.17) is 0 Å². The van der Waals surface area contributed by atoms with Gasteiger partial charge >= 0.3 is 0 Å². The second-order valence-electron chi connectivity index (χ2n) is 5.89. The Morgan fingerprint density at radius 3 is 2.43 bits per heavy atom. The zero-order valence-electron chi connectivity index (χ0n) is 13.8. The van der Waals surface area contributed by atoms with Crippen LogP contribution in [0.4, 0.5) is 5.82 Å². The molecule has 1 amide bonds. The summed E-state index contributed by atoms with van der Waals surface area (Å²) >= 11 is 0. The van der Waals surface area contributed by atoms with Gasteiger partial charge in [-0.25, -0.2) is 4.98 Å². The van der Waals surface area contributed by atoms with Gasteiger partial charge in [-0.2, -0.15) is 0 Å². The van der Waals surface area contributed by atoms with E-state index in [1.165, 1.54) is 0 Å². The molecule has 2 aromatic rings. The van der Waals surface area contributed by atoms with Crippen LogP contribution in [0.1, 0.15) is 22.8 Å². The first-order valence-electron chi connectivity index (χ1n) is 7.60. The second-order valence-corrected chi connectivity index (χ2v) is 5.89. The first-order chi connectivity index (χ1) is 10.9. The van der Waals surface area contributed by atoms with Crippen LogP contribution < -0.4 is 5.32 Å². The highest BCUT2D eigenvalue weighted by molar-refractivity contribution is 5.91. The molecule has 23 heavy (non-hydrogen) atoms. The number of anilines is 1. The molecule has 0 aliphatic carbocycles. The number of nitrogens with one attached hydrogen (secondary N) is 1. The maximum Gasteiger partial charge on any atom is 0.239 e. The number of amides is 1. The van der Waals surface area contributed by atoms with Gasteiger partial charge in [0.1, 0.15) is 5.82 Å². The molecule has 5 nitrogen and oxygen atoms in total. The summed E-state index contributed by atoms with van der Waals surface area (Å²) in [5.74, 6) is 0.382. The van der Waals surface area contributed by atoms with Gasteiger partial charge < -0.3 is 10.4 Å². The monoisotopic (exact) mass is 313 g/mol. The Morgan fingerprint density at radius 1 is 1.17 bits per heavy atom. The third-order valence-corrected chi connectivity index (χ3v) is 3.54. The smallest absolute Gasteiger partial charge is 0.239 e. The zero-order chi connectivity index (χ0) is 16.8. The number of rotatable bonds is 6. The summed E-state index contributed by atoms with van der Waals surface area (Å²) in [4.78, 5) is 17.9. The average molecular weight is 313 g/mol. The fourth-order valence-corrected chi connectivity index (χ4v) is 2.22. The van der Waals surface area contributed by atoms with Crippen molar-refractivity contribution in [2.45, 2.75) is 20.0 Å². The molecule has 122 valence electrons. The Morgan fingerprint density at radius 2 is 1.83 bits per heavy atom. The highest BCUT2D eigenvalue weighted by atomic mass is 16.3. The van der Waals surface area contributed by atoms with Crippen molar-refractivity contribution in [3.63, 3.8) is 0 Å². The van der Waals surface area contributed by atoms with E-state index in [-0.39, 0.29) is 12.5 Å². The molecule has 1 aromatic heterocycles. The number of hydrogen-bond acceptors (Lipinski definition) is 4. The van der Waals surface area contributed by atoms with E-state index in [0.717, 1.165) is 16.7 Å². The van der Waals surface area contributed by atoms with E-state index in [1.807, 2.05) is 44.2 Å². The summed E-state index contributed by atoms with van der Waals surface area (Å²) in [5.41, 5.74) is 3.05. The summed E-state index contributed by atoms with van der Waals surface area (Å²) in [6, 6.07) is 11.4. The van der Waals surface area contributed by atoms with Gasteiger partial charge in [0, 0.05) is 12.7 Å². The topological polar surface area (TPSA) is 65.5 Å². The molecule has 0 fully saturated rings. The van der Waals surface area contributed by atoms with E-state index in [1.54, 1.807) is 24.2 Å². The maximum atomic E-state index is 12.0. The summed E-state index contributed by atoms with van der Waals surface area (Å²) in [5, 5.41) is 13.0. The average Bonchev–Trinajstić information content (AvgIpc) is 2.50. The van der Waals surface area contributed by atoms with Gasteiger partial charge in [0.25, 0.3) is 0 Å². The summed E-state index contributed by atoms with van der Waals surface area (Å²) in [7, 11) is 1.81. The first-order valence-corrected chi connectivity index (χ1v) is 7.60. The fraction of sp³-hybridized carbons (Fsp3) is 0.333. The predicted octanol–water partition coefficient (Wildman–Crippen LogP) is 2.30. The number of nitrogens with zero attached hydrogens (tertiary/aromatic N) is 2. The number of aliphatic hydroxyl groups excluding tert-OH is 1. The molecule has 1 aromatic carbocycles. The van der Waals surface area contributed by atoms with Crippen molar-refractivity contribution in [2.75, 3.05) is 25.5 Å². The van der Waals surface area contributed by atoms with Crippen LogP contribution >= 0.6 is 0 Å². The molecule has 2 rings (SSSR count). The minimum Gasteiger partial charge on any atom is -0.387 e. The largest absolute Gasteiger partial charge is 0.387 e. The summed E-state index contributed by atoms with van der Waals surface area (Å²) in [6.45, 7) is 4.53. The van der Waals surface area contributed by atoms with Crippen LogP contribution in [0.2, 0.25) is 0 Å². The van der Waals surface area contributed by atoms with Crippen molar-refractivity contribution < 1.29 is 9.90 Å². The molecular formula is C18H23N3O2. The number of likely N-dealkylation sites (N-methyl/N-ethyl adjacent to an activating group) is 1. The number of aryl methyl sites for hydroxylation is 2. The van der Waals surface area contributed by atoms with Crippen LogP contribution in [0.5, 0.6) is 0 Å². The van der Waals surface area contributed by atoms with Crippen LogP contribution in [0.25, 0.3) is 0 Å². The fourth-order valence-electron chi connectivity index (χ4n) is 2.22. The van der Waals surface area contributed by atoms with Crippen molar-refractivity contribution in [1.82, 2.24) is 9.88 Å². The number of pyridine rings is 1. The highest BCUT2D eigenvalue weighted by Gasteiger charge is 2.13. The molecule has 0 radical (unpaired) electrons. The molecule has 0 aliphatic rings. The van der Waals surface area contributed by atoms with Crippen LogP contribution in [-0.2, 0) is 4.79 Å². The van der Waals surface area contributed by atoms with Gasteiger partial charge in [-0.15, -0.1) is 0 Å². The molecular weight excluding hydrogens is 290 g/mol. The number of aromatic nitrogens is 1. The first kappa shape index (κ1) is 17.1. The van der Waals surface area contributed by atoms with E-state index in [2.05, 4.69) is 10.3 Å². The van der Waals surface area contributed by atoms with Gasteiger partial charge in [0.2, 0.25) is 5.91 Å². The Hall–Kier alpha value is -2.24. The number of carbonyl (C=O) groups is 1. The van der Waals surface area contributed by atoms with E-state index in [0.29, 0.717) is 12.4 Å². The predicted molar refractivity (Wildman–Crippen MR) is 91.2 cm³/mol. The molecule has 1 heterocycles. The maximum absolute atomic E-state index is 12.0. The van der Waals surface area contributed by atoms with Crippen LogP contribution in [0.3, 0.4) is 0 Å². The van der Waals surface area contributed by atoms with Crippen LogP contribution in [-0.4, -0.2) is 41.0 Å². The quantitative estimate of drug-likeness (QED) is 0.859. The Labute approximate surface area is 137 Å². The lowest BCUT2D eigenvalue weighted by Gasteiger charge is -2.20. The molecule has 1 unspecified atom stereocenters. The van der Waals surface area contributed by atoms with E-state index < -0.39 is 6.10 Å². The van der Waals surface area contributed by atoms with Crippen molar-refractivity contribution >= 4 is 11.7 Å². The molecule has 5 heteroatoms. The highest BCUT2D eigenvalue weighted by Crippen LogP contribution is 2.14. The normalized spacial score (nSPS) is 12.2. The Balaban J connectivity index is 1.83. The second kappa shape index (κ2) is 7.85. The molecule has 0 bridgehead atoms. The van der Waals surface area contributed by atoms with Gasteiger partial charge in [0.05, 0.1) is 12.6 Å². The van der Waals surface area contributed by atoms with E-state index >= 15 is 0 Å². The van der Waals surface area contributed by atoms with Gasteiger partial charge in [0.15, 0.2) is 0 Å². The number of hydrogen-bond donors (Lipinski definition) is 2. The number of aliphatic hydroxyl groups is 1. The molecule has 0 saturated heterocycles. The summed E-state index contributed by atoms with van der Waals surface area (Å²) in [6.07, 6.45) is 1.09. The third kappa shape index (κ3) is 5.47. The lowest BCUT2D eigenvalue weighted by Crippen LogP contribution is -2.33. The SMILES string of the molecule is Cc1ccc(C(O)CN(C)CC(=O)Nc2ccc(C)cn2)cc1. The molecule has 0 aliphatic heterocycles. The minimum atomic E-state index is -0.620. The number of carbonyl (C=O) groups excluding carboxylic acids is 1. The van der Waals surface area contributed by atoms with Gasteiger partial charge in [-0.3, -0.25) is 9.69 Å². The zero-order valence-corrected chi connectivity index (χ0v) is 13.8. The van der Waals surface area contributed by atoms with Gasteiger partial charge in [-0.05, 0) is 38.1 Å². The van der Waals surface area contributed by atoms with Crippen molar-refractivity contribution in [1.29, 1.82) is 0 Å². The summed E-state index contributed by atoms with van der Waals surface area (Å²) < 4.78 is 0. The minimum absolute atomic E-state index is 0.153. The van der Waals surface area contributed by atoms with Crippen molar-refractivity contribution in [3.05, 3.63) is 59.3 Å². The van der Waals surface area contributed by atoms with Crippen molar-refractivity contribution in [3.8, 4) is 0 Å². The van der Waals surface area contributed by atoms with Crippen LogP contribution in [0.15, 0.2) is 42.6 Å². The number of benzene rings is 1. The molecule has 2 N–H and O–H groups in total. The molecule has 0 saturated carbocycles. The lowest BCUT2D eigenvalue weighted by atomic mass is 10.1. The molecule has 0 spiro atoms. The van der Waals surface area contributed by atoms with Crippen molar-refractivity contribution in [2.24, 2.45) is 0 Å². The lowest BCUT2D eigenvalue weighted by molar-refractivity contribution is -0.117. The Kier molecular flexibility index (Phi) is 5.84. The molecule has 1 atom stereocenters. The van der Waals surface area contributed by atoms with Gasteiger partial charge in [-0.1, -0.05) is 35.9 Å². The van der Waals surface area contributed by atoms with E-state index in [9.17, 15) is 9.90 Å². The Bertz CT molecular complexity index is 638. The standard InChI is InChI=1S/C18H23N3O2/c1-13-4-7-15(8-5-13)16(22)11-21(3)12-18(23)20-17-9-6-14(2)10-19-17/h4-10,16,22H,11-12H2,1-3H3,(H,19,20,23). The van der Waals surface area contributed by atoms with Crippen LogP contribution in [0, 0.1) is 13.8 Å².